The molecule has 4 heterocycles. The van der Waals surface area contributed by atoms with E-state index in [1.54, 1.807) is 0 Å². The van der Waals surface area contributed by atoms with Crippen molar-refractivity contribution in [1.82, 2.24) is 19.5 Å². The molecule has 2 saturated heterocycles. The SMILES string of the molecule is Cc1nc2ccc(N3CC(N4CC(F)C4)C3)cn2n1. The van der Waals surface area contributed by atoms with Crippen LogP contribution in [0.1, 0.15) is 5.82 Å². The molecule has 0 saturated carbocycles. The summed E-state index contributed by atoms with van der Waals surface area (Å²) in [7, 11) is 0. The third kappa shape index (κ3) is 1.78. The summed E-state index contributed by atoms with van der Waals surface area (Å²) in [5.41, 5.74) is 2.03. The maximum absolute atomic E-state index is 12.8. The Kier molecular flexibility index (Phi) is 2.29. The van der Waals surface area contributed by atoms with Crippen LogP contribution in [0.15, 0.2) is 18.3 Å². The molecule has 0 bridgehead atoms. The molecule has 2 aliphatic rings. The Morgan fingerprint density at radius 2 is 2.00 bits per heavy atom. The van der Waals surface area contributed by atoms with Gasteiger partial charge in [-0.1, -0.05) is 0 Å². The molecular weight excluding hydrogens is 245 g/mol. The number of hydrogen-bond acceptors (Lipinski definition) is 4. The Labute approximate surface area is 110 Å². The second-order valence-electron chi connectivity index (χ2n) is 5.46. The van der Waals surface area contributed by atoms with Gasteiger partial charge in [-0.2, -0.15) is 5.10 Å². The van der Waals surface area contributed by atoms with Crippen molar-refractivity contribution in [1.29, 1.82) is 0 Å². The largest absolute Gasteiger partial charge is 0.367 e. The van der Waals surface area contributed by atoms with Crippen LogP contribution in [-0.4, -0.2) is 57.9 Å². The minimum atomic E-state index is -0.608. The highest BCUT2D eigenvalue weighted by Crippen LogP contribution is 2.27. The summed E-state index contributed by atoms with van der Waals surface area (Å²) in [6.45, 7) is 5.07. The van der Waals surface area contributed by atoms with E-state index >= 15 is 0 Å². The van der Waals surface area contributed by atoms with Gasteiger partial charge in [0.15, 0.2) is 5.65 Å². The van der Waals surface area contributed by atoms with Crippen LogP contribution < -0.4 is 4.90 Å². The molecule has 2 aromatic rings. The topological polar surface area (TPSA) is 36.7 Å². The Morgan fingerprint density at radius 1 is 1.21 bits per heavy atom. The van der Waals surface area contributed by atoms with Crippen molar-refractivity contribution in [2.75, 3.05) is 31.1 Å². The number of nitrogens with zero attached hydrogens (tertiary/aromatic N) is 5. The highest BCUT2D eigenvalue weighted by Gasteiger charge is 2.38. The van der Waals surface area contributed by atoms with Gasteiger partial charge in [-0.25, -0.2) is 13.9 Å². The quantitative estimate of drug-likeness (QED) is 0.804. The fraction of sp³-hybridized carbons (Fsp3) is 0.538. The summed E-state index contributed by atoms with van der Waals surface area (Å²) in [4.78, 5) is 8.83. The molecule has 19 heavy (non-hydrogen) atoms. The van der Waals surface area contributed by atoms with Gasteiger partial charge in [0.25, 0.3) is 0 Å². The zero-order valence-electron chi connectivity index (χ0n) is 10.8. The van der Waals surface area contributed by atoms with E-state index in [4.69, 9.17) is 0 Å². The number of pyridine rings is 1. The first-order valence-corrected chi connectivity index (χ1v) is 6.65. The van der Waals surface area contributed by atoms with E-state index in [-0.39, 0.29) is 0 Å². The van der Waals surface area contributed by atoms with Crippen molar-refractivity contribution in [2.24, 2.45) is 0 Å². The van der Waals surface area contributed by atoms with Gasteiger partial charge in [-0.3, -0.25) is 4.90 Å². The molecule has 2 aliphatic heterocycles. The van der Waals surface area contributed by atoms with E-state index in [1.165, 1.54) is 0 Å². The molecule has 0 aromatic carbocycles. The smallest absolute Gasteiger partial charge is 0.155 e. The fourth-order valence-electron chi connectivity index (χ4n) is 2.82. The van der Waals surface area contributed by atoms with Gasteiger partial charge in [-0.05, 0) is 19.1 Å². The van der Waals surface area contributed by atoms with Crippen LogP contribution in [0.3, 0.4) is 0 Å². The molecule has 0 atom stereocenters. The van der Waals surface area contributed by atoms with Crippen molar-refractivity contribution in [3.05, 3.63) is 24.2 Å². The molecule has 100 valence electrons. The predicted octanol–water partition coefficient (Wildman–Crippen LogP) is 0.880. The van der Waals surface area contributed by atoms with Crippen molar-refractivity contribution in [3.8, 4) is 0 Å². The van der Waals surface area contributed by atoms with E-state index in [0.717, 1.165) is 30.2 Å². The zero-order chi connectivity index (χ0) is 13.0. The number of fused-ring (bicyclic) bond motifs is 1. The molecule has 0 N–H and O–H groups in total. The molecule has 0 aliphatic carbocycles. The summed E-state index contributed by atoms with van der Waals surface area (Å²) < 4.78 is 14.6. The van der Waals surface area contributed by atoms with Crippen LogP contribution in [0.5, 0.6) is 0 Å². The Balaban J connectivity index is 1.47. The highest BCUT2D eigenvalue weighted by molar-refractivity contribution is 5.53. The number of aromatic nitrogens is 3. The molecule has 5 nitrogen and oxygen atoms in total. The molecule has 0 radical (unpaired) electrons. The van der Waals surface area contributed by atoms with Crippen LogP contribution in [0.25, 0.3) is 5.65 Å². The minimum absolute atomic E-state index is 0.514. The second-order valence-corrected chi connectivity index (χ2v) is 5.46. The van der Waals surface area contributed by atoms with Gasteiger partial charge in [-0.15, -0.1) is 0 Å². The van der Waals surface area contributed by atoms with Gasteiger partial charge >= 0.3 is 0 Å². The van der Waals surface area contributed by atoms with Crippen molar-refractivity contribution in [3.63, 3.8) is 0 Å². The maximum Gasteiger partial charge on any atom is 0.155 e. The predicted molar refractivity (Wildman–Crippen MR) is 70.2 cm³/mol. The monoisotopic (exact) mass is 261 g/mol. The van der Waals surface area contributed by atoms with E-state index in [1.807, 2.05) is 23.7 Å². The lowest BCUT2D eigenvalue weighted by Gasteiger charge is -2.50. The number of halogens is 1. The lowest BCUT2D eigenvalue weighted by molar-refractivity contribution is 0.0172. The molecule has 0 spiro atoms. The van der Waals surface area contributed by atoms with Gasteiger partial charge in [0.05, 0.1) is 11.9 Å². The maximum atomic E-state index is 12.8. The summed E-state index contributed by atoms with van der Waals surface area (Å²) >= 11 is 0. The van der Waals surface area contributed by atoms with Crippen LogP contribution in [0.4, 0.5) is 10.1 Å². The molecular formula is C13H16FN5. The van der Waals surface area contributed by atoms with Crippen molar-refractivity contribution in [2.45, 2.75) is 19.1 Å². The summed E-state index contributed by atoms with van der Waals surface area (Å²) in [5.74, 6) is 0.785. The summed E-state index contributed by atoms with van der Waals surface area (Å²) in [6, 6.07) is 4.58. The summed E-state index contributed by atoms with van der Waals surface area (Å²) in [5, 5.41) is 4.32. The van der Waals surface area contributed by atoms with E-state index in [0.29, 0.717) is 19.1 Å². The first-order chi connectivity index (χ1) is 9.19. The van der Waals surface area contributed by atoms with Gasteiger partial charge in [0, 0.05) is 32.2 Å². The first-order valence-electron chi connectivity index (χ1n) is 6.65. The van der Waals surface area contributed by atoms with Crippen LogP contribution in [-0.2, 0) is 0 Å². The second kappa shape index (κ2) is 3.90. The lowest BCUT2D eigenvalue weighted by atomic mass is 10.0. The van der Waals surface area contributed by atoms with Crippen LogP contribution in [0, 0.1) is 6.92 Å². The number of aryl methyl sites for hydroxylation is 1. The zero-order valence-corrected chi connectivity index (χ0v) is 10.8. The average molecular weight is 261 g/mol. The molecule has 2 fully saturated rings. The van der Waals surface area contributed by atoms with Gasteiger partial charge in [0.1, 0.15) is 12.0 Å². The standard InChI is InChI=1S/C13H16FN5/c1-9-15-13-3-2-11(8-19(13)16-9)18-6-12(7-18)17-4-10(14)5-17/h2-3,8,10,12H,4-7H2,1H3. The number of likely N-dealkylation sites (tertiary alicyclic amines) is 1. The third-order valence-corrected chi connectivity index (χ3v) is 4.03. The Hall–Kier alpha value is -1.69. The average Bonchev–Trinajstić information content (AvgIpc) is 2.64. The highest BCUT2D eigenvalue weighted by atomic mass is 19.1. The first kappa shape index (κ1) is 11.2. The lowest BCUT2D eigenvalue weighted by Crippen LogP contribution is -2.66. The molecule has 4 rings (SSSR count). The van der Waals surface area contributed by atoms with E-state index in [2.05, 4.69) is 25.9 Å². The fourth-order valence-corrected chi connectivity index (χ4v) is 2.82. The molecule has 6 heteroatoms. The number of rotatable bonds is 2. The molecule has 2 aromatic heterocycles. The van der Waals surface area contributed by atoms with Gasteiger partial charge in [0.2, 0.25) is 0 Å². The van der Waals surface area contributed by atoms with Crippen LogP contribution in [0.2, 0.25) is 0 Å². The normalized spacial score (nSPS) is 21.7. The Morgan fingerprint density at radius 3 is 2.74 bits per heavy atom. The van der Waals surface area contributed by atoms with Crippen molar-refractivity contribution < 1.29 is 4.39 Å². The van der Waals surface area contributed by atoms with E-state index in [9.17, 15) is 4.39 Å². The van der Waals surface area contributed by atoms with Crippen LogP contribution >= 0.6 is 0 Å². The van der Waals surface area contributed by atoms with Crippen molar-refractivity contribution >= 4 is 11.3 Å². The minimum Gasteiger partial charge on any atom is -0.367 e. The van der Waals surface area contributed by atoms with E-state index < -0.39 is 6.17 Å². The molecule has 0 amide bonds. The molecule has 0 unspecified atom stereocenters. The third-order valence-electron chi connectivity index (χ3n) is 4.03. The number of anilines is 1. The Bertz CT molecular complexity index is 613. The summed E-state index contributed by atoms with van der Waals surface area (Å²) in [6.07, 6.45) is 1.41. The number of hydrogen-bond donors (Lipinski definition) is 0. The van der Waals surface area contributed by atoms with Gasteiger partial charge < -0.3 is 4.90 Å². The number of alkyl halides is 1.